The molecular formula is C19H25N3O2. The Balaban J connectivity index is 1.76. The summed E-state index contributed by atoms with van der Waals surface area (Å²) < 4.78 is 7.96. The van der Waals surface area contributed by atoms with Crippen LogP contribution in [0.15, 0.2) is 42.7 Å². The van der Waals surface area contributed by atoms with E-state index in [1.165, 1.54) is 0 Å². The van der Waals surface area contributed by atoms with Crippen LogP contribution in [0.3, 0.4) is 0 Å². The van der Waals surface area contributed by atoms with Crippen LogP contribution in [0.1, 0.15) is 43.3 Å². The molecule has 0 saturated carbocycles. The third-order valence-corrected chi connectivity index (χ3v) is 4.62. The van der Waals surface area contributed by atoms with Gasteiger partial charge in [-0.15, -0.1) is 0 Å². The van der Waals surface area contributed by atoms with Gasteiger partial charge in [-0.25, -0.2) is 4.98 Å². The van der Waals surface area contributed by atoms with E-state index in [0.717, 1.165) is 30.8 Å². The van der Waals surface area contributed by atoms with Crippen LogP contribution in [0.2, 0.25) is 0 Å². The minimum absolute atomic E-state index is 0.0607. The number of hydrogen-bond acceptors (Lipinski definition) is 3. The van der Waals surface area contributed by atoms with Crippen LogP contribution >= 0.6 is 0 Å². The number of nitrogens with zero attached hydrogens (tertiary/aromatic N) is 3. The molecule has 1 saturated heterocycles. The number of amides is 1. The molecule has 1 aliphatic rings. The van der Waals surface area contributed by atoms with Crippen molar-refractivity contribution in [1.29, 1.82) is 0 Å². The second-order valence-electron chi connectivity index (χ2n) is 6.21. The van der Waals surface area contributed by atoms with Gasteiger partial charge in [-0.2, -0.15) is 0 Å². The van der Waals surface area contributed by atoms with Crippen molar-refractivity contribution in [1.82, 2.24) is 14.5 Å². The number of benzene rings is 1. The summed E-state index contributed by atoms with van der Waals surface area (Å²) in [7, 11) is 0. The fraction of sp³-hybridized carbons (Fsp3) is 0.474. The van der Waals surface area contributed by atoms with E-state index in [-0.39, 0.29) is 5.91 Å². The van der Waals surface area contributed by atoms with Gasteiger partial charge in [0.1, 0.15) is 5.82 Å². The summed E-state index contributed by atoms with van der Waals surface area (Å²) in [6.45, 7) is 5.96. The molecule has 0 spiro atoms. The van der Waals surface area contributed by atoms with Gasteiger partial charge in [0.15, 0.2) is 6.10 Å². The number of aryl methyl sites for hydroxylation is 1. The topological polar surface area (TPSA) is 47.4 Å². The third kappa shape index (κ3) is 3.51. The summed E-state index contributed by atoms with van der Waals surface area (Å²) >= 11 is 0. The highest BCUT2D eigenvalue weighted by molar-refractivity contribution is 5.82. The standard InChI is InChI=1S/C19H25N3O2/c1-3-24-18(16-8-5-4-6-9-16)19(23)21-12-7-10-17(14-21)22-13-11-20-15(22)2/h4-6,8-9,11,13,17-18H,3,7,10,12,14H2,1-2H3/t17-,18+/m0/s1. The SMILES string of the molecule is CCO[C@@H](C(=O)N1CCC[C@H](n2ccnc2C)C1)c1ccccc1. The Labute approximate surface area is 143 Å². The smallest absolute Gasteiger partial charge is 0.256 e. The molecule has 5 heteroatoms. The molecule has 2 atom stereocenters. The summed E-state index contributed by atoms with van der Waals surface area (Å²) in [4.78, 5) is 19.3. The lowest BCUT2D eigenvalue weighted by molar-refractivity contribution is -0.145. The van der Waals surface area contributed by atoms with E-state index in [4.69, 9.17) is 4.74 Å². The number of carbonyl (C=O) groups excluding carboxylic acids is 1. The molecule has 0 bridgehead atoms. The second kappa shape index (κ2) is 7.62. The Morgan fingerprint density at radius 1 is 1.38 bits per heavy atom. The lowest BCUT2D eigenvalue weighted by atomic mass is 10.0. The van der Waals surface area contributed by atoms with E-state index < -0.39 is 6.10 Å². The molecule has 0 aliphatic carbocycles. The highest BCUT2D eigenvalue weighted by Crippen LogP contribution is 2.27. The molecule has 5 nitrogen and oxygen atoms in total. The Morgan fingerprint density at radius 3 is 2.83 bits per heavy atom. The molecule has 3 rings (SSSR count). The van der Waals surface area contributed by atoms with Crippen LogP contribution in [0.25, 0.3) is 0 Å². The van der Waals surface area contributed by atoms with Gasteiger partial charge in [0.2, 0.25) is 0 Å². The number of aromatic nitrogens is 2. The number of rotatable bonds is 5. The predicted molar refractivity (Wildman–Crippen MR) is 92.6 cm³/mol. The lowest BCUT2D eigenvalue weighted by Gasteiger charge is -2.35. The van der Waals surface area contributed by atoms with Gasteiger partial charge in [0, 0.05) is 32.1 Å². The van der Waals surface area contributed by atoms with Crippen molar-refractivity contribution in [3.05, 3.63) is 54.1 Å². The van der Waals surface area contributed by atoms with E-state index in [1.807, 2.05) is 61.5 Å². The van der Waals surface area contributed by atoms with Crippen molar-refractivity contribution in [2.45, 2.75) is 38.8 Å². The minimum Gasteiger partial charge on any atom is -0.364 e. The summed E-state index contributed by atoms with van der Waals surface area (Å²) in [6.07, 6.45) is 5.39. The largest absolute Gasteiger partial charge is 0.364 e. The molecule has 0 radical (unpaired) electrons. The number of imidazole rings is 1. The first-order chi connectivity index (χ1) is 11.7. The number of piperidine rings is 1. The molecule has 1 aliphatic heterocycles. The van der Waals surface area contributed by atoms with Gasteiger partial charge in [0.05, 0.1) is 6.04 Å². The van der Waals surface area contributed by atoms with Crippen molar-refractivity contribution < 1.29 is 9.53 Å². The maximum absolute atomic E-state index is 13.1. The molecule has 1 amide bonds. The Kier molecular flexibility index (Phi) is 5.30. The molecule has 1 fully saturated rings. The molecule has 1 aromatic carbocycles. The fourth-order valence-electron chi connectivity index (χ4n) is 3.43. The van der Waals surface area contributed by atoms with Crippen LogP contribution < -0.4 is 0 Å². The van der Waals surface area contributed by atoms with E-state index in [2.05, 4.69) is 9.55 Å². The average Bonchev–Trinajstić information content (AvgIpc) is 3.06. The van der Waals surface area contributed by atoms with Gasteiger partial charge in [-0.3, -0.25) is 4.79 Å². The number of hydrogen-bond donors (Lipinski definition) is 0. The van der Waals surface area contributed by atoms with Crippen LogP contribution in [0.5, 0.6) is 0 Å². The minimum atomic E-state index is -0.515. The molecule has 0 unspecified atom stereocenters. The van der Waals surface area contributed by atoms with Crippen LogP contribution in [0, 0.1) is 6.92 Å². The fourth-order valence-corrected chi connectivity index (χ4v) is 3.43. The summed E-state index contributed by atoms with van der Waals surface area (Å²) in [5, 5.41) is 0. The number of carbonyl (C=O) groups is 1. The molecule has 2 aromatic rings. The quantitative estimate of drug-likeness (QED) is 0.847. The monoisotopic (exact) mass is 327 g/mol. The van der Waals surface area contributed by atoms with Crippen LogP contribution in [0.4, 0.5) is 0 Å². The van der Waals surface area contributed by atoms with Crippen molar-refractivity contribution in [2.24, 2.45) is 0 Å². The number of likely N-dealkylation sites (tertiary alicyclic amines) is 1. The van der Waals surface area contributed by atoms with Crippen LogP contribution in [-0.2, 0) is 9.53 Å². The third-order valence-electron chi connectivity index (χ3n) is 4.62. The molecule has 128 valence electrons. The van der Waals surface area contributed by atoms with Crippen molar-refractivity contribution in [3.63, 3.8) is 0 Å². The first-order valence-electron chi connectivity index (χ1n) is 8.65. The normalized spacial score (nSPS) is 19.2. The molecule has 0 N–H and O–H groups in total. The maximum Gasteiger partial charge on any atom is 0.256 e. The predicted octanol–water partition coefficient (Wildman–Crippen LogP) is 3.13. The maximum atomic E-state index is 13.1. The highest BCUT2D eigenvalue weighted by Gasteiger charge is 2.31. The zero-order chi connectivity index (χ0) is 16.9. The van der Waals surface area contributed by atoms with Gasteiger partial charge in [-0.05, 0) is 32.3 Å². The Hall–Kier alpha value is -2.14. The lowest BCUT2D eigenvalue weighted by Crippen LogP contribution is -2.43. The average molecular weight is 327 g/mol. The molecule has 24 heavy (non-hydrogen) atoms. The van der Waals surface area contributed by atoms with E-state index in [0.29, 0.717) is 19.2 Å². The van der Waals surface area contributed by atoms with E-state index in [9.17, 15) is 4.79 Å². The summed E-state index contributed by atoms with van der Waals surface area (Å²) in [5.74, 6) is 1.06. The van der Waals surface area contributed by atoms with Gasteiger partial charge in [-0.1, -0.05) is 30.3 Å². The van der Waals surface area contributed by atoms with Gasteiger partial charge in [0.25, 0.3) is 5.91 Å². The zero-order valence-electron chi connectivity index (χ0n) is 14.4. The van der Waals surface area contributed by atoms with Crippen LogP contribution in [-0.4, -0.2) is 40.1 Å². The zero-order valence-corrected chi connectivity index (χ0v) is 14.4. The Bertz CT molecular complexity index is 668. The molecule has 2 heterocycles. The summed E-state index contributed by atoms with van der Waals surface area (Å²) in [6, 6.07) is 10.1. The highest BCUT2D eigenvalue weighted by atomic mass is 16.5. The van der Waals surface area contributed by atoms with Gasteiger partial charge < -0.3 is 14.2 Å². The first kappa shape index (κ1) is 16.7. The van der Waals surface area contributed by atoms with Crippen molar-refractivity contribution in [2.75, 3.05) is 19.7 Å². The van der Waals surface area contributed by atoms with E-state index in [1.54, 1.807) is 0 Å². The van der Waals surface area contributed by atoms with Crippen molar-refractivity contribution in [3.8, 4) is 0 Å². The number of ether oxygens (including phenoxy) is 1. The summed E-state index contributed by atoms with van der Waals surface area (Å²) in [5.41, 5.74) is 0.922. The van der Waals surface area contributed by atoms with Crippen molar-refractivity contribution >= 4 is 5.91 Å². The van der Waals surface area contributed by atoms with Gasteiger partial charge >= 0.3 is 0 Å². The Morgan fingerprint density at radius 2 is 2.17 bits per heavy atom. The van der Waals surface area contributed by atoms with E-state index >= 15 is 0 Å². The first-order valence-corrected chi connectivity index (χ1v) is 8.65. The molecule has 1 aromatic heterocycles. The molecular weight excluding hydrogens is 302 g/mol. The second-order valence-corrected chi connectivity index (χ2v) is 6.21.